The normalized spacial score (nSPS) is 18.1. The van der Waals surface area contributed by atoms with Crippen LogP contribution in [0.3, 0.4) is 0 Å². The van der Waals surface area contributed by atoms with E-state index in [0.29, 0.717) is 0 Å². The Morgan fingerprint density at radius 1 is 1.04 bits per heavy atom. The van der Waals surface area contributed by atoms with Crippen molar-refractivity contribution in [1.29, 1.82) is 0 Å². The van der Waals surface area contributed by atoms with Gasteiger partial charge in [-0.05, 0) is 77.0 Å². The van der Waals surface area contributed by atoms with Gasteiger partial charge in [-0.3, -0.25) is 0 Å². The minimum absolute atomic E-state index is 0.121. The van der Waals surface area contributed by atoms with Crippen LogP contribution < -0.4 is 0 Å². The van der Waals surface area contributed by atoms with Crippen molar-refractivity contribution in [1.82, 2.24) is 0 Å². The van der Waals surface area contributed by atoms with E-state index in [1.165, 1.54) is 41.2 Å². The zero-order valence-corrected chi connectivity index (χ0v) is 17.3. The quantitative estimate of drug-likeness (QED) is 0.633. The molecule has 0 aliphatic heterocycles. The highest BCUT2D eigenvalue weighted by molar-refractivity contribution is 5.90. The van der Waals surface area contributed by atoms with Crippen LogP contribution in [0.15, 0.2) is 42.5 Å². The third kappa shape index (κ3) is 3.71. The second-order valence-corrected chi connectivity index (χ2v) is 9.25. The number of hydrogen-bond donors (Lipinski definition) is 1. The zero-order chi connectivity index (χ0) is 20.0. The number of carboxylic acid groups (broad SMARTS) is 1. The summed E-state index contributed by atoms with van der Waals surface area (Å²) in [4.78, 5) is 11.1. The second kappa shape index (κ2) is 6.67. The fourth-order valence-corrected chi connectivity index (χ4v) is 4.36. The predicted molar refractivity (Wildman–Crippen MR) is 113 cm³/mol. The molecule has 0 fully saturated rings. The maximum absolute atomic E-state index is 11.1. The van der Waals surface area contributed by atoms with Gasteiger partial charge >= 0.3 is 5.97 Å². The lowest BCUT2D eigenvalue weighted by Crippen LogP contribution is -2.34. The van der Waals surface area contributed by atoms with Gasteiger partial charge in [0.2, 0.25) is 0 Å². The molecule has 0 saturated carbocycles. The molecule has 2 aromatic carbocycles. The van der Waals surface area contributed by atoms with E-state index in [4.69, 9.17) is 5.11 Å². The van der Waals surface area contributed by atoms with E-state index >= 15 is 0 Å². The molecule has 1 aliphatic carbocycles. The van der Waals surface area contributed by atoms with Crippen molar-refractivity contribution in [2.24, 2.45) is 0 Å². The molecule has 3 rings (SSSR count). The van der Waals surface area contributed by atoms with E-state index in [0.717, 1.165) is 16.7 Å². The molecule has 0 unspecified atom stereocenters. The number of fused-ring (bicyclic) bond motifs is 1. The lowest BCUT2D eigenvalue weighted by molar-refractivity contribution is -0.131. The first kappa shape index (κ1) is 19.4. The highest BCUT2D eigenvalue weighted by Crippen LogP contribution is 2.49. The van der Waals surface area contributed by atoms with Gasteiger partial charge in [-0.15, -0.1) is 0 Å². The molecule has 0 atom stereocenters. The van der Waals surface area contributed by atoms with Crippen molar-refractivity contribution in [2.75, 3.05) is 0 Å². The van der Waals surface area contributed by atoms with Crippen LogP contribution in [0.4, 0.5) is 0 Å². The largest absolute Gasteiger partial charge is 0.478 e. The van der Waals surface area contributed by atoms with Crippen molar-refractivity contribution < 1.29 is 9.90 Å². The van der Waals surface area contributed by atoms with Crippen LogP contribution in [0.25, 0.3) is 16.7 Å². The topological polar surface area (TPSA) is 37.3 Å². The number of benzene rings is 2. The summed E-state index contributed by atoms with van der Waals surface area (Å²) in [5.41, 5.74) is 8.64. The van der Waals surface area contributed by atoms with Gasteiger partial charge in [-0.25, -0.2) is 4.79 Å². The van der Waals surface area contributed by atoms with Gasteiger partial charge in [0.05, 0.1) is 0 Å². The number of rotatable bonds is 3. The number of carbonyl (C=O) groups is 1. The molecular weight excluding hydrogens is 332 g/mol. The average molecular weight is 363 g/mol. The Morgan fingerprint density at radius 3 is 2.37 bits per heavy atom. The molecule has 0 heterocycles. The van der Waals surface area contributed by atoms with Crippen molar-refractivity contribution in [3.63, 3.8) is 0 Å². The summed E-state index contributed by atoms with van der Waals surface area (Å²) in [6, 6.07) is 12.9. The molecule has 142 valence electrons. The van der Waals surface area contributed by atoms with Crippen LogP contribution in [0.2, 0.25) is 0 Å². The molecule has 1 aliphatic rings. The highest BCUT2D eigenvalue weighted by Gasteiger charge is 2.38. The smallest absolute Gasteiger partial charge is 0.328 e. The fourth-order valence-electron chi connectivity index (χ4n) is 4.36. The van der Waals surface area contributed by atoms with E-state index in [1.54, 1.807) is 0 Å². The minimum atomic E-state index is -0.909. The minimum Gasteiger partial charge on any atom is -0.478 e. The average Bonchev–Trinajstić information content (AvgIpc) is 2.58. The van der Waals surface area contributed by atoms with Crippen LogP contribution in [-0.2, 0) is 15.6 Å². The van der Waals surface area contributed by atoms with Gasteiger partial charge in [-0.2, -0.15) is 0 Å². The molecule has 27 heavy (non-hydrogen) atoms. The van der Waals surface area contributed by atoms with Crippen LogP contribution in [0.5, 0.6) is 0 Å². The molecule has 0 spiro atoms. The summed E-state index contributed by atoms with van der Waals surface area (Å²) in [7, 11) is 0. The van der Waals surface area contributed by atoms with E-state index in [-0.39, 0.29) is 10.8 Å². The van der Waals surface area contributed by atoms with Gasteiger partial charge in [0.1, 0.15) is 0 Å². The lowest BCUT2D eigenvalue weighted by Gasteiger charge is -2.43. The lowest BCUT2D eigenvalue weighted by atomic mass is 9.61. The Balaban J connectivity index is 2.25. The number of aliphatic carboxylic acids is 1. The van der Waals surface area contributed by atoms with Gasteiger partial charge < -0.3 is 5.11 Å². The molecule has 0 saturated heterocycles. The van der Waals surface area contributed by atoms with Gasteiger partial charge in [0.25, 0.3) is 0 Å². The highest BCUT2D eigenvalue weighted by atomic mass is 16.4. The molecule has 2 nitrogen and oxygen atoms in total. The molecule has 1 N–H and O–H groups in total. The van der Waals surface area contributed by atoms with Crippen molar-refractivity contribution >= 4 is 11.5 Å². The Labute approximate surface area is 162 Å². The third-order valence-corrected chi connectivity index (χ3v) is 6.03. The summed E-state index contributed by atoms with van der Waals surface area (Å²) >= 11 is 0. The van der Waals surface area contributed by atoms with Crippen LogP contribution in [0, 0.1) is 6.92 Å². The van der Waals surface area contributed by atoms with E-state index in [9.17, 15) is 4.79 Å². The van der Waals surface area contributed by atoms with Gasteiger partial charge in [0, 0.05) is 6.08 Å². The summed E-state index contributed by atoms with van der Waals surface area (Å²) in [5, 5.41) is 9.08. The third-order valence-electron chi connectivity index (χ3n) is 6.03. The maximum atomic E-state index is 11.1. The Morgan fingerprint density at radius 2 is 1.70 bits per heavy atom. The van der Waals surface area contributed by atoms with Crippen LogP contribution in [0.1, 0.15) is 69.7 Å². The molecule has 0 bridgehead atoms. The Hall–Kier alpha value is -2.35. The van der Waals surface area contributed by atoms with E-state index in [2.05, 4.69) is 58.9 Å². The zero-order valence-electron chi connectivity index (χ0n) is 17.3. The number of carboxylic acids is 1. The van der Waals surface area contributed by atoms with Crippen LogP contribution in [-0.4, -0.2) is 11.1 Å². The van der Waals surface area contributed by atoms with Gasteiger partial charge in [0.15, 0.2) is 0 Å². The molecule has 0 amide bonds. The summed E-state index contributed by atoms with van der Waals surface area (Å²) in [5.74, 6) is -0.909. The predicted octanol–water partition coefficient (Wildman–Crippen LogP) is 6.50. The first-order valence-corrected chi connectivity index (χ1v) is 9.69. The van der Waals surface area contributed by atoms with E-state index in [1.807, 2.05) is 19.1 Å². The molecular formula is C25H30O2. The van der Waals surface area contributed by atoms with Crippen molar-refractivity contribution in [3.8, 4) is 11.1 Å². The van der Waals surface area contributed by atoms with Crippen LogP contribution >= 0.6 is 0 Å². The summed E-state index contributed by atoms with van der Waals surface area (Å²) in [6.45, 7) is 13.4. The first-order valence-electron chi connectivity index (χ1n) is 9.69. The first-order chi connectivity index (χ1) is 12.5. The summed E-state index contributed by atoms with van der Waals surface area (Å²) < 4.78 is 0. The van der Waals surface area contributed by atoms with Gasteiger partial charge in [-0.1, -0.05) is 63.6 Å². The monoisotopic (exact) mass is 362 g/mol. The molecule has 2 heteroatoms. The second-order valence-electron chi connectivity index (χ2n) is 9.25. The Kier molecular flexibility index (Phi) is 4.80. The molecule has 0 aromatic heterocycles. The van der Waals surface area contributed by atoms with Crippen molar-refractivity contribution in [2.45, 2.75) is 65.2 Å². The number of aryl methyl sites for hydroxylation is 1. The fraction of sp³-hybridized carbons (Fsp3) is 0.400. The van der Waals surface area contributed by atoms with E-state index < -0.39 is 5.97 Å². The Bertz CT molecular complexity index is 929. The molecule has 2 aromatic rings. The SMILES string of the molecule is C/C(=C/C(=O)O)c1cccc(-c2cc(C)cc3c2C(C)(C)CCC3(C)C)c1. The molecule has 0 radical (unpaired) electrons. The summed E-state index contributed by atoms with van der Waals surface area (Å²) in [6.07, 6.45) is 3.63. The number of hydrogen-bond acceptors (Lipinski definition) is 1. The van der Waals surface area contributed by atoms with Crippen molar-refractivity contribution in [3.05, 3.63) is 64.7 Å². The maximum Gasteiger partial charge on any atom is 0.328 e. The number of allylic oxidation sites excluding steroid dienone is 1. The standard InChI is InChI=1S/C25H30O2/c1-16-12-20(19-9-7-8-18(15-19)17(2)14-22(26)27)23-21(13-16)24(3,4)10-11-25(23,5)6/h7-9,12-15H,10-11H2,1-6H3,(H,26,27)/b17-14-.